The third kappa shape index (κ3) is 10.6. The van der Waals surface area contributed by atoms with E-state index in [4.69, 9.17) is 4.74 Å². The van der Waals surface area contributed by atoms with Gasteiger partial charge in [-0.25, -0.2) is 0 Å². The van der Waals surface area contributed by atoms with Crippen LogP contribution >= 0.6 is 0 Å². The van der Waals surface area contributed by atoms with E-state index in [2.05, 4.69) is 60.6 Å². The van der Waals surface area contributed by atoms with Crippen LogP contribution < -0.4 is 0 Å². The van der Waals surface area contributed by atoms with E-state index in [-0.39, 0.29) is 16.8 Å². The highest BCUT2D eigenvalue weighted by molar-refractivity contribution is 5.69. The Morgan fingerprint density at radius 1 is 0.806 bits per heavy atom. The Morgan fingerprint density at radius 2 is 1.26 bits per heavy atom. The Balaban J connectivity index is 2.44. The van der Waals surface area contributed by atoms with Gasteiger partial charge < -0.3 is 9.84 Å². The first-order valence-corrected chi connectivity index (χ1v) is 12.5. The van der Waals surface area contributed by atoms with Crippen LogP contribution in [0.2, 0.25) is 0 Å². The summed E-state index contributed by atoms with van der Waals surface area (Å²) in [6.45, 7) is 15.4. The fraction of sp³-hybridized carbons (Fsp3) is 0.750. The van der Waals surface area contributed by atoms with Crippen molar-refractivity contribution in [2.45, 2.75) is 130 Å². The summed E-state index contributed by atoms with van der Waals surface area (Å²) in [4.78, 5) is 12.2. The molecule has 3 heteroatoms. The van der Waals surface area contributed by atoms with Crippen LogP contribution in [0, 0.1) is 0 Å². The third-order valence-electron chi connectivity index (χ3n) is 5.91. The molecule has 31 heavy (non-hydrogen) atoms. The van der Waals surface area contributed by atoms with E-state index in [1.807, 2.05) is 0 Å². The molecule has 0 bridgehead atoms. The van der Waals surface area contributed by atoms with Gasteiger partial charge in [0.2, 0.25) is 0 Å². The zero-order valence-corrected chi connectivity index (χ0v) is 21.4. The number of phenolic OH excluding ortho intramolecular Hbond substituents is 1. The van der Waals surface area contributed by atoms with Crippen LogP contribution in [0.25, 0.3) is 0 Å². The van der Waals surface area contributed by atoms with E-state index in [1.54, 1.807) is 0 Å². The number of phenols is 1. The lowest BCUT2D eigenvalue weighted by Crippen LogP contribution is -2.18. The second-order valence-corrected chi connectivity index (χ2v) is 11.1. The molecule has 0 amide bonds. The van der Waals surface area contributed by atoms with Crippen molar-refractivity contribution < 1.29 is 14.6 Å². The van der Waals surface area contributed by atoms with Crippen LogP contribution in [0.4, 0.5) is 0 Å². The molecule has 1 N–H and O–H groups in total. The van der Waals surface area contributed by atoms with Gasteiger partial charge in [-0.3, -0.25) is 4.79 Å². The van der Waals surface area contributed by atoms with Gasteiger partial charge in [0.1, 0.15) is 5.75 Å². The smallest absolute Gasteiger partial charge is 0.306 e. The minimum absolute atomic E-state index is 0.123. The summed E-state index contributed by atoms with van der Waals surface area (Å²) in [6.07, 6.45) is 12.4. The first kappa shape index (κ1) is 27.5. The minimum Gasteiger partial charge on any atom is -0.507 e. The van der Waals surface area contributed by atoms with E-state index >= 15 is 0 Å². The fourth-order valence-corrected chi connectivity index (χ4v) is 3.90. The number of aryl methyl sites for hydroxylation is 1. The van der Waals surface area contributed by atoms with E-state index < -0.39 is 0 Å². The van der Waals surface area contributed by atoms with Gasteiger partial charge in [0.25, 0.3) is 0 Å². The molecule has 3 nitrogen and oxygen atoms in total. The molecule has 1 aromatic rings. The summed E-state index contributed by atoms with van der Waals surface area (Å²) in [5.74, 6) is 0.263. The van der Waals surface area contributed by atoms with E-state index in [0.717, 1.165) is 29.5 Å². The van der Waals surface area contributed by atoms with Crippen LogP contribution in [0.1, 0.15) is 129 Å². The lowest BCUT2D eigenvalue weighted by Gasteiger charge is -2.28. The predicted molar refractivity (Wildman–Crippen MR) is 132 cm³/mol. The summed E-state index contributed by atoms with van der Waals surface area (Å²) < 4.78 is 5.45. The van der Waals surface area contributed by atoms with Crippen LogP contribution in [-0.2, 0) is 26.8 Å². The number of aromatic hydroxyl groups is 1. The number of hydrogen-bond acceptors (Lipinski definition) is 3. The maximum absolute atomic E-state index is 12.2. The second-order valence-electron chi connectivity index (χ2n) is 11.1. The van der Waals surface area contributed by atoms with Gasteiger partial charge in [-0.05, 0) is 40.4 Å². The number of carbonyl (C=O) groups is 1. The van der Waals surface area contributed by atoms with Crippen LogP contribution in [0.3, 0.4) is 0 Å². The summed E-state index contributed by atoms with van der Waals surface area (Å²) in [5.41, 5.74) is 2.66. The van der Waals surface area contributed by atoms with Crippen molar-refractivity contribution in [3.63, 3.8) is 0 Å². The Labute approximate surface area is 192 Å². The van der Waals surface area contributed by atoms with E-state index in [9.17, 15) is 9.90 Å². The Hall–Kier alpha value is -1.51. The molecule has 1 rings (SSSR count). The highest BCUT2D eigenvalue weighted by atomic mass is 16.5. The molecule has 0 fully saturated rings. The summed E-state index contributed by atoms with van der Waals surface area (Å²) >= 11 is 0. The highest BCUT2D eigenvalue weighted by Gasteiger charge is 2.26. The summed E-state index contributed by atoms with van der Waals surface area (Å²) in [6, 6.07) is 4.11. The molecule has 0 spiro atoms. The van der Waals surface area contributed by atoms with E-state index in [0.29, 0.717) is 25.2 Å². The van der Waals surface area contributed by atoms with Gasteiger partial charge in [0.15, 0.2) is 0 Å². The standard InChI is InChI=1S/C28H48O3/c1-8-9-10-11-12-13-14-15-16-19-31-25(29)18-17-22-20-23(27(2,3)4)26(30)24(21-22)28(5,6)7/h20-21,30H,8-19H2,1-7H3. The Morgan fingerprint density at radius 3 is 1.71 bits per heavy atom. The lowest BCUT2D eigenvalue weighted by molar-refractivity contribution is -0.143. The molecule has 0 atom stereocenters. The second kappa shape index (κ2) is 13.1. The molecule has 178 valence electrons. The number of rotatable bonds is 13. The van der Waals surface area contributed by atoms with E-state index in [1.165, 1.54) is 44.9 Å². The van der Waals surface area contributed by atoms with Crippen LogP contribution in [0.5, 0.6) is 5.75 Å². The van der Waals surface area contributed by atoms with Crippen molar-refractivity contribution in [2.75, 3.05) is 6.61 Å². The average molecular weight is 433 g/mol. The first-order chi connectivity index (χ1) is 14.5. The first-order valence-electron chi connectivity index (χ1n) is 12.5. The van der Waals surface area contributed by atoms with Crippen LogP contribution in [-0.4, -0.2) is 17.7 Å². The Bertz CT molecular complexity index is 627. The maximum atomic E-state index is 12.2. The molecule has 0 heterocycles. The SMILES string of the molecule is CCCCCCCCCCCOC(=O)CCc1cc(C(C)(C)C)c(O)c(C(C)(C)C)c1. The van der Waals surface area contributed by atoms with Crippen molar-refractivity contribution in [1.29, 1.82) is 0 Å². The van der Waals surface area contributed by atoms with Gasteiger partial charge in [-0.1, -0.05) is 112 Å². The quantitative estimate of drug-likeness (QED) is 0.254. The largest absolute Gasteiger partial charge is 0.507 e. The zero-order valence-electron chi connectivity index (χ0n) is 21.4. The normalized spacial score (nSPS) is 12.2. The monoisotopic (exact) mass is 432 g/mol. The number of hydrogen-bond donors (Lipinski definition) is 1. The minimum atomic E-state index is -0.156. The van der Waals surface area contributed by atoms with Crippen molar-refractivity contribution in [1.82, 2.24) is 0 Å². The molecular formula is C28H48O3. The topological polar surface area (TPSA) is 46.5 Å². The molecular weight excluding hydrogens is 384 g/mol. The number of unbranched alkanes of at least 4 members (excludes halogenated alkanes) is 8. The van der Waals surface area contributed by atoms with Gasteiger partial charge >= 0.3 is 5.97 Å². The Kier molecular flexibility index (Phi) is 11.7. The fourth-order valence-electron chi connectivity index (χ4n) is 3.90. The molecule has 1 aromatic carbocycles. The van der Waals surface area contributed by atoms with Gasteiger partial charge in [-0.15, -0.1) is 0 Å². The lowest BCUT2D eigenvalue weighted by atomic mass is 9.78. The number of benzene rings is 1. The molecule has 0 aliphatic heterocycles. The zero-order chi connectivity index (χ0) is 23.5. The molecule has 0 aromatic heterocycles. The highest BCUT2D eigenvalue weighted by Crippen LogP contribution is 2.40. The van der Waals surface area contributed by atoms with Crippen molar-refractivity contribution in [2.24, 2.45) is 0 Å². The molecule has 0 unspecified atom stereocenters. The molecule has 0 aliphatic carbocycles. The molecule has 0 saturated heterocycles. The predicted octanol–water partition coefficient (Wildman–Crippen LogP) is 7.99. The number of esters is 1. The van der Waals surface area contributed by atoms with Gasteiger partial charge in [0.05, 0.1) is 6.61 Å². The molecule has 0 saturated carbocycles. The number of ether oxygens (including phenoxy) is 1. The molecule has 0 radical (unpaired) electrons. The summed E-state index contributed by atoms with van der Waals surface area (Å²) in [7, 11) is 0. The average Bonchev–Trinajstić information content (AvgIpc) is 2.66. The van der Waals surface area contributed by atoms with Gasteiger partial charge in [0, 0.05) is 6.42 Å². The number of carbonyl (C=O) groups excluding carboxylic acids is 1. The van der Waals surface area contributed by atoms with Crippen LogP contribution in [0.15, 0.2) is 12.1 Å². The van der Waals surface area contributed by atoms with Crippen molar-refractivity contribution in [3.05, 3.63) is 28.8 Å². The van der Waals surface area contributed by atoms with Gasteiger partial charge in [-0.2, -0.15) is 0 Å². The third-order valence-corrected chi connectivity index (χ3v) is 5.91. The van der Waals surface area contributed by atoms with Crippen molar-refractivity contribution >= 4 is 5.97 Å². The summed E-state index contributed by atoms with van der Waals surface area (Å²) in [5, 5.41) is 10.8. The molecule has 0 aliphatic rings. The van der Waals surface area contributed by atoms with Crippen molar-refractivity contribution in [3.8, 4) is 5.75 Å². The maximum Gasteiger partial charge on any atom is 0.306 e.